The zero-order valence-corrected chi connectivity index (χ0v) is 19.0. The maximum Gasteiger partial charge on any atom is 0.337 e. The second kappa shape index (κ2) is 10.7. The highest BCUT2D eigenvalue weighted by Gasteiger charge is 2.13. The average Bonchev–Trinajstić information content (AvgIpc) is 2.86. The van der Waals surface area contributed by atoms with Gasteiger partial charge in [0.05, 0.1) is 24.5 Å². The van der Waals surface area contributed by atoms with Crippen molar-refractivity contribution in [1.82, 2.24) is 4.98 Å². The highest BCUT2D eigenvalue weighted by Crippen LogP contribution is 2.23. The number of benzene rings is 3. The van der Waals surface area contributed by atoms with Crippen LogP contribution in [0.3, 0.4) is 0 Å². The Hall–Kier alpha value is -4.36. The van der Waals surface area contributed by atoms with Gasteiger partial charge in [0.25, 0.3) is 5.91 Å². The summed E-state index contributed by atoms with van der Waals surface area (Å²) >= 11 is 0. The van der Waals surface area contributed by atoms with Crippen LogP contribution in [-0.2, 0) is 18.0 Å². The molecule has 0 fully saturated rings. The predicted molar refractivity (Wildman–Crippen MR) is 131 cm³/mol. The van der Waals surface area contributed by atoms with Gasteiger partial charge in [0.15, 0.2) is 0 Å². The van der Waals surface area contributed by atoms with Crippen molar-refractivity contribution in [3.8, 4) is 11.1 Å². The third kappa shape index (κ3) is 5.96. The molecular weight excluding hydrogens is 447 g/mol. The Kier molecular flexibility index (Phi) is 7.28. The summed E-state index contributed by atoms with van der Waals surface area (Å²) in [5.41, 5.74) is 3.78. The summed E-state index contributed by atoms with van der Waals surface area (Å²) in [6, 6.07) is 22.3. The van der Waals surface area contributed by atoms with Crippen molar-refractivity contribution in [1.29, 1.82) is 0 Å². The second-order valence-electron chi connectivity index (χ2n) is 7.98. The molecule has 1 aromatic heterocycles. The van der Waals surface area contributed by atoms with Crippen LogP contribution in [0.15, 0.2) is 85.1 Å². The summed E-state index contributed by atoms with van der Waals surface area (Å²) in [6.07, 6.45) is 1.56. The molecule has 0 aliphatic carbocycles. The van der Waals surface area contributed by atoms with E-state index >= 15 is 0 Å². The molecule has 176 valence electrons. The average molecular weight is 471 g/mol. The van der Waals surface area contributed by atoms with E-state index in [1.165, 1.54) is 12.1 Å². The molecule has 0 aliphatic heterocycles. The molecule has 1 amide bonds. The molecule has 0 aliphatic rings. The summed E-state index contributed by atoms with van der Waals surface area (Å²) < 4.78 is 20.2. The lowest BCUT2D eigenvalue weighted by Crippen LogP contribution is -2.12. The van der Waals surface area contributed by atoms with Gasteiger partial charge in [-0.1, -0.05) is 48.5 Å². The molecule has 0 spiro atoms. The van der Waals surface area contributed by atoms with Crippen LogP contribution in [0.5, 0.6) is 0 Å². The van der Waals surface area contributed by atoms with Crippen LogP contribution in [0.25, 0.3) is 11.1 Å². The van der Waals surface area contributed by atoms with E-state index in [4.69, 9.17) is 4.74 Å². The van der Waals surface area contributed by atoms with E-state index in [0.717, 1.165) is 5.56 Å². The number of pyridine rings is 1. The van der Waals surface area contributed by atoms with E-state index in [0.29, 0.717) is 40.2 Å². The first-order valence-electron chi connectivity index (χ1n) is 10.9. The molecule has 4 aromatic rings. The van der Waals surface area contributed by atoms with Gasteiger partial charge in [0, 0.05) is 28.6 Å². The minimum atomic E-state index is -1.07. The third-order valence-corrected chi connectivity index (χ3v) is 5.46. The van der Waals surface area contributed by atoms with Crippen LogP contribution >= 0.6 is 0 Å². The smallest absolute Gasteiger partial charge is 0.337 e. The normalized spacial score (nSPS) is 10.7. The molecular formula is C28H23FN2O4. The zero-order valence-electron chi connectivity index (χ0n) is 19.0. The van der Waals surface area contributed by atoms with Crippen LogP contribution in [0, 0.1) is 12.7 Å². The van der Waals surface area contributed by atoms with E-state index in [9.17, 15) is 19.1 Å². The summed E-state index contributed by atoms with van der Waals surface area (Å²) in [4.78, 5) is 28.3. The van der Waals surface area contributed by atoms with Crippen molar-refractivity contribution in [2.45, 2.75) is 20.1 Å². The van der Waals surface area contributed by atoms with Crippen molar-refractivity contribution in [3.63, 3.8) is 0 Å². The number of nitrogens with zero attached hydrogens (tertiary/aromatic N) is 1. The van der Waals surface area contributed by atoms with Crippen molar-refractivity contribution in [3.05, 3.63) is 119 Å². The van der Waals surface area contributed by atoms with Crippen molar-refractivity contribution in [2.75, 3.05) is 5.32 Å². The first-order valence-corrected chi connectivity index (χ1v) is 10.9. The molecule has 1 heterocycles. The number of carbonyl (C=O) groups is 2. The topological polar surface area (TPSA) is 88.5 Å². The van der Waals surface area contributed by atoms with Gasteiger partial charge in [-0.25, -0.2) is 9.18 Å². The molecule has 4 rings (SSSR count). The summed E-state index contributed by atoms with van der Waals surface area (Å²) in [6.45, 7) is 2.11. The highest BCUT2D eigenvalue weighted by atomic mass is 19.1. The number of hydrogen-bond donors (Lipinski definition) is 2. The van der Waals surface area contributed by atoms with Gasteiger partial charge in [-0.15, -0.1) is 0 Å². The molecule has 0 unspecified atom stereocenters. The number of carbonyl (C=O) groups excluding carboxylic acids is 1. The van der Waals surface area contributed by atoms with Crippen LogP contribution in [0.2, 0.25) is 0 Å². The number of aryl methyl sites for hydroxylation is 1. The fraction of sp³-hybridized carbons (Fsp3) is 0.107. The molecule has 0 saturated heterocycles. The molecule has 0 radical (unpaired) electrons. The van der Waals surface area contributed by atoms with Gasteiger partial charge < -0.3 is 15.2 Å². The lowest BCUT2D eigenvalue weighted by molar-refractivity contribution is 0.0695. The maximum atomic E-state index is 14.6. The Bertz CT molecular complexity index is 1370. The minimum absolute atomic E-state index is 0.0978. The number of ether oxygens (including phenoxy) is 1. The minimum Gasteiger partial charge on any atom is -0.478 e. The number of anilines is 1. The van der Waals surface area contributed by atoms with Crippen molar-refractivity contribution in [2.24, 2.45) is 0 Å². The first kappa shape index (κ1) is 23.8. The quantitative estimate of drug-likeness (QED) is 0.337. The van der Waals surface area contributed by atoms with Crippen LogP contribution < -0.4 is 5.32 Å². The summed E-state index contributed by atoms with van der Waals surface area (Å²) in [7, 11) is 0. The van der Waals surface area contributed by atoms with E-state index in [2.05, 4.69) is 10.3 Å². The van der Waals surface area contributed by atoms with Gasteiger partial charge in [0.2, 0.25) is 0 Å². The first-order chi connectivity index (χ1) is 16.9. The van der Waals surface area contributed by atoms with E-state index in [1.807, 2.05) is 30.3 Å². The van der Waals surface area contributed by atoms with Crippen molar-refractivity contribution < 1.29 is 23.8 Å². The zero-order chi connectivity index (χ0) is 24.8. The molecule has 2 N–H and O–H groups in total. The largest absolute Gasteiger partial charge is 0.478 e. The maximum absolute atomic E-state index is 14.6. The molecule has 7 heteroatoms. The Morgan fingerprint density at radius 1 is 0.943 bits per heavy atom. The molecule has 0 saturated carbocycles. The number of carboxylic acid groups (broad SMARTS) is 1. The van der Waals surface area contributed by atoms with E-state index in [-0.39, 0.29) is 12.2 Å². The Balaban J connectivity index is 1.43. The Labute approximate surface area is 202 Å². The lowest BCUT2D eigenvalue weighted by Gasteiger charge is -2.10. The standard InChI is InChI=1S/C28H23FN2O4/c1-18-25(28(33)34)13-23(15-30-18)20-8-5-9-21(12-20)27(32)31-24-11-10-22(26(29)14-24)17-35-16-19-6-3-2-4-7-19/h2-15H,16-17H2,1H3,(H,31,32)(H,33,34). The molecule has 3 aromatic carbocycles. The third-order valence-electron chi connectivity index (χ3n) is 5.46. The van der Waals surface area contributed by atoms with Gasteiger partial charge in [0.1, 0.15) is 5.82 Å². The van der Waals surface area contributed by atoms with Crippen LogP contribution in [0.1, 0.15) is 37.5 Å². The predicted octanol–water partition coefficient (Wildman–Crippen LogP) is 5.86. The number of aromatic nitrogens is 1. The number of carboxylic acids is 1. The lowest BCUT2D eigenvalue weighted by atomic mass is 10.0. The molecule has 0 atom stereocenters. The Morgan fingerprint density at radius 3 is 2.49 bits per heavy atom. The van der Waals surface area contributed by atoms with Gasteiger partial charge in [-0.05, 0) is 48.4 Å². The van der Waals surface area contributed by atoms with E-state index in [1.54, 1.807) is 49.5 Å². The monoisotopic (exact) mass is 470 g/mol. The highest BCUT2D eigenvalue weighted by molar-refractivity contribution is 6.05. The number of aromatic carboxylic acids is 1. The fourth-order valence-electron chi connectivity index (χ4n) is 3.55. The van der Waals surface area contributed by atoms with Crippen molar-refractivity contribution >= 4 is 17.6 Å². The van der Waals surface area contributed by atoms with Gasteiger partial charge >= 0.3 is 5.97 Å². The number of hydrogen-bond acceptors (Lipinski definition) is 4. The SMILES string of the molecule is Cc1ncc(-c2cccc(C(=O)Nc3ccc(COCc4ccccc4)c(F)c3)c2)cc1C(=O)O. The number of halogens is 1. The summed E-state index contributed by atoms with van der Waals surface area (Å²) in [5, 5.41) is 12.0. The Morgan fingerprint density at radius 2 is 1.74 bits per heavy atom. The number of rotatable bonds is 8. The van der Waals surface area contributed by atoms with E-state index < -0.39 is 17.7 Å². The molecule has 6 nitrogen and oxygen atoms in total. The van der Waals surface area contributed by atoms with Crippen LogP contribution in [-0.4, -0.2) is 22.0 Å². The number of amides is 1. The second-order valence-corrected chi connectivity index (χ2v) is 7.98. The molecule has 35 heavy (non-hydrogen) atoms. The van der Waals surface area contributed by atoms with Crippen LogP contribution in [0.4, 0.5) is 10.1 Å². The molecule has 0 bridgehead atoms. The fourth-order valence-corrected chi connectivity index (χ4v) is 3.55. The number of nitrogens with one attached hydrogen (secondary N) is 1. The van der Waals surface area contributed by atoms with Gasteiger partial charge in [-0.3, -0.25) is 9.78 Å². The summed E-state index contributed by atoms with van der Waals surface area (Å²) in [5.74, 6) is -1.96. The van der Waals surface area contributed by atoms with Gasteiger partial charge in [-0.2, -0.15) is 0 Å².